The van der Waals surface area contributed by atoms with Gasteiger partial charge in [-0.25, -0.2) is 4.98 Å². The third-order valence-electron chi connectivity index (χ3n) is 4.41. The van der Waals surface area contributed by atoms with Crippen molar-refractivity contribution in [1.82, 2.24) is 19.3 Å². The van der Waals surface area contributed by atoms with Crippen LogP contribution < -0.4 is 0 Å². The minimum atomic E-state index is 0.581. The Bertz CT molecular complexity index is 782. The number of nitrogens with one attached hydrogen (secondary N) is 1. The van der Waals surface area contributed by atoms with Crippen molar-refractivity contribution >= 4 is 33.9 Å². The van der Waals surface area contributed by atoms with Crippen molar-refractivity contribution in [2.75, 3.05) is 19.3 Å². The monoisotopic (exact) mass is 298 g/mol. The zero-order valence-electron chi connectivity index (χ0n) is 12.0. The number of hydrogen-bond donors (Lipinski definition) is 1. The van der Waals surface area contributed by atoms with E-state index in [4.69, 9.17) is 0 Å². The van der Waals surface area contributed by atoms with Gasteiger partial charge in [-0.1, -0.05) is 11.9 Å². The normalized spacial score (nSPS) is 20.3. The summed E-state index contributed by atoms with van der Waals surface area (Å²) < 4.78 is 2.47. The first-order valence-corrected chi connectivity index (χ1v) is 8.55. The van der Waals surface area contributed by atoms with E-state index in [9.17, 15) is 0 Å². The van der Waals surface area contributed by atoms with Gasteiger partial charge < -0.3 is 4.98 Å². The summed E-state index contributed by atoms with van der Waals surface area (Å²) in [7, 11) is 0. The van der Waals surface area contributed by atoms with Crippen molar-refractivity contribution in [1.29, 1.82) is 0 Å². The Morgan fingerprint density at radius 2 is 2.29 bits per heavy atom. The molecule has 1 N–H and O–H groups in total. The molecule has 3 aromatic heterocycles. The Balaban J connectivity index is 1.89. The van der Waals surface area contributed by atoms with Crippen LogP contribution in [-0.4, -0.2) is 38.6 Å². The molecule has 5 heteroatoms. The van der Waals surface area contributed by atoms with Gasteiger partial charge in [-0.3, -0.25) is 9.29 Å². The van der Waals surface area contributed by atoms with Crippen molar-refractivity contribution in [3.05, 3.63) is 36.3 Å². The smallest absolute Gasteiger partial charge is 0.137 e. The summed E-state index contributed by atoms with van der Waals surface area (Å²) in [5, 5.41) is 2.47. The first-order valence-electron chi connectivity index (χ1n) is 7.36. The molecule has 1 unspecified atom stereocenters. The van der Waals surface area contributed by atoms with E-state index >= 15 is 0 Å². The first kappa shape index (κ1) is 13.1. The van der Waals surface area contributed by atoms with Crippen molar-refractivity contribution in [2.24, 2.45) is 0 Å². The number of aromatic amines is 1. The average molecular weight is 298 g/mol. The van der Waals surface area contributed by atoms with Crippen molar-refractivity contribution in [3.8, 4) is 0 Å². The molecule has 4 heterocycles. The van der Waals surface area contributed by atoms with Gasteiger partial charge in [0, 0.05) is 36.3 Å². The molecule has 0 saturated carbocycles. The zero-order chi connectivity index (χ0) is 14.2. The van der Waals surface area contributed by atoms with Gasteiger partial charge in [-0.05, 0) is 42.7 Å². The summed E-state index contributed by atoms with van der Waals surface area (Å²) >= 11 is 1.85. The van der Waals surface area contributed by atoms with E-state index in [1.54, 1.807) is 0 Å². The second-order valence-corrected chi connectivity index (χ2v) is 6.45. The van der Waals surface area contributed by atoms with Crippen molar-refractivity contribution < 1.29 is 0 Å². The van der Waals surface area contributed by atoms with Crippen LogP contribution in [-0.2, 0) is 0 Å². The SMILES string of the molecule is CSN1CCCC(c2ccnc3cnc4[nH]ccc4c23)C1. The van der Waals surface area contributed by atoms with Crippen LogP contribution in [0.15, 0.2) is 30.7 Å². The molecule has 21 heavy (non-hydrogen) atoms. The summed E-state index contributed by atoms with van der Waals surface area (Å²) in [6.07, 6.45) is 10.5. The molecule has 108 valence electrons. The molecule has 1 atom stereocenters. The molecule has 0 spiro atoms. The molecule has 4 nitrogen and oxygen atoms in total. The lowest BCUT2D eigenvalue weighted by Gasteiger charge is -2.31. The average Bonchev–Trinajstić information content (AvgIpc) is 3.03. The van der Waals surface area contributed by atoms with E-state index in [2.05, 4.69) is 37.6 Å². The largest absolute Gasteiger partial charge is 0.346 e. The Labute approximate surface area is 128 Å². The first-order chi connectivity index (χ1) is 10.4. The molecule has 0 aliphatic carbocycles. The van der Waals surface area contributed by atoms with Gasteiger partial charge >= 0.3 is 0 Å². The predicted molar refractivity (Wildman–Crippen MR) is 88.5 cm³/mol. The lowest BCUT2D eigenvalue weighted by molar-refractivity contribution is 0.344. The molecule has 3 aromatic rings. The van der Waals surface area contributed by atoms with E-state index < -0.39 is 0 Å². The Morgan fingerprint density at radius 1 is 1.33 bits per heavy atom. The summed E-state index contributed by atoms with van der Waals surface area (Å²) in [6.45, 7) is 2.32. The fraction of sp³-hybridized carbons (Fsp3) is 0.375. The van der Waals surface area contributed by atoms with Crippen LogP contribution in [0.3, 0.4) is 0 Å². The van der Waals surface area contributed by atoms with Gasteiger partial charge in [0.2, 0.25) is 0 Å². The molecule has 1 aliphatic heterocycles. The highest BCUT2D eigenvalue weighted by atomic mass is 32.2. The molecule has 1 fully saturated rings. The number of H-pyrrole nitrogens is 1. The minimum absolute atomic E-state index is 0.581. The number of rotatable bonds is 2. The quantitative estimate of drug-likeness (QED) is 0.735. The summed E-state index contributed by atoms with van der Waals surface area (Å²) in [5.74, 6) is 0.581. The van der Waals surface area contributed by atoms with E-state index in [1.807, 2.05) is 30.5 Å². The van der Waals surface area contributed by atoms with Crippen LogP contribution >= 0.6 is 11.9 Å². The predicted octanol–water partition coefficient (Wildman–Crippen LogP) is 3.57. The topological polar surface area (TPSA) is 44.8 Å². The van der Waals surface area contributed by atoms with Gasteiger partial charge in [0.15, 0.2) is 0 Å². The van der Waals surface area contributed by atoms with Crippen LogP contribution in [0.5, 0.6) is 0 Å². The van der Waals surface area contributed by atoms with Crippen LogP contribution in [0.25, 0.3) is 21.9 Å². The maximum atomic E-state index is 4.51. The second-order valence-electron chi connectivity index (χ2n) is 5.57. The third kappa shape index (κ3) is 2.21. The molecular formula is C16H18N4S. The minimum Gasteiger partial charge on any atom is -0.346 e. The van der Waals surface area contributed by atoms with E-state index in [1.165, 1.54) is 35.7 Å². The maximum Gasteiger partial charge on any atom is 0.137 e. The van der Waals surface area contributed by atoms with Gasteiger partial charge in [0.1, 0.15) is 5.65 Å². The Kier molecular flexibility index (Phi) is 3.31. The summed E-state index contributed by atoms with van der Waals surface area (Å²) in [4.78, 5) is 12.2. The molecule has 4 rings (SSSR count). The molecule has 0 aromatic carbocycles. The van der Waals surface area contributed by atoms with Gasteiger partial charge in [0.05, 0.1) is 11.7 Å². The number of fused-ring (bicyclic) bond motifs is 3. The molecule has 1 aliphatic rings. The van der Waals surface area contributed by atoms with Crippen LogP contribution in [0.2, 0.25) is 0 Å². The van der Waals surface area contributed by atoms with E-state index in [0.29, 0.717) is 5.92 Å². The third-order valence-corrected chi connectivity index (χ3v) is 5.25. The zero-order valence-corrected chi connectivity index (χ0v) is 12.9. The molecule has 0 amide bonds. The molecule has 0 bridgehead atoms. The van der Waals surface area contributed by atoms with Crippen LogP contribution in [0.4, 0.5) is 0 Å². The molecule has 1 saturated heterocycles. The number of pyridine rings is 2. The Morgan fingerprint density at radius 3 is 3.19 bits per heavy atom. The van der Waals surface area contributed by atoms with Crippen molar-refractivity contribution in [2.45, 2.75) is 18.8 Å². The number of hydrogen-bond acceptors (Lipinski definition) is 4. The summed E-state index contributed by atoms with van der Waals surface area (Å²) in [5.41, 5.74) is 3.38. The highest BCUT2D eigenvalue weighted by molar-refractivity contribution is 7.96. The van der Waals surface area contributed by atoms with E-state index in [0.717, 1.165) is 17.7 Å². The highest BCUT2D eigenvalue weighted by Gasteiger charge is 2.23. The highest BCUT2D eigenvalue weighted by Crippen LogP contribution is 2.35. The number of aromatic nitrogens is 3. The van der Waals surface area contributed by atoms with Crippen LogP contribution in [0, 0.1) is 0 Å². The van der Waals surface area contributed by atoms with Crippen LogP contribution in [0.1, 0.15) is 24.3 Å². The number of nitrogens with zero attached hydrogens (tertiary/aromatic N) is 3. The second kappa shape index (κ2) is 5.31. The lowest BCUT2D eigenvalue weighted by Crippen LogP contribution is -2.28. The Hall–Kier alpha value is -1.59. The maximum absolute atomic E-state index is 4.51. The van der Waals surface area contributed by atoms with Gasteiger partial charge in [-0.2, -0.15) is 0 Å². The number of piperidine rings is 1. The van der Waals surface area contributed by atoms with Crippen molar-refractivity contribution in [3.63, 3.8) is 0 Å². The molecule has 0 radical (unpaired) electrons. The lowest BCUT2D eigenvalue weighted by atomic mass is 9.89. The van der Waals surface area contributed by atoms with Gasteiger partial charge in [0.25, 0.3) is 0 Å². The molecular weight excluding hydrogens is 280 g/mol. The fourth-order valence-electron chi connectivity index (χ4n) is 3.38. The standard InChI is InChI=1S/C16H18N4S/c1-21-20-8-2-3-11(10-20)12-4-6-17-14-9-19-16-13(15(12)14)5-7-18-16/h4-7,9,11H,2-3,8,10H2,1H3,(H,18,19). The van der Waals surface area contributed by atoms with Gasteiger partial charge in [-0.15, -0.1) is 0 Å². The fourth-order valence-corrected chi connectivity index (χ4v) is 4.02. The summed E-state index contributed by atoms with van der Waals surface area (Å²) in [6, 6.07) is 4.31. The van der Waals surface area contributed by atoms with E-state index in [-0.39, 0.29) is 0 Å².